The Bertz CT molecular complexity index is 1170. The molecule has 9 nitrogen and oxygen atoms in total. The highest BCUT2D eigenvalue weighted by molar-refractivity contribution is 6.34. The van der Waals surface area contributed by atoms with Gasteiger partial charge >= 0.3 is 6.09 Å². The first-order chi connectivity index (χ1) is 16.4. The summed E-state index contributed by atoms with van der Waals surface area (Å²) >= 11 is 6.87. The fourth-order valence-electron chi connectivity index (χ4n) is 4.42. The van der Waals surface area contributed by atoms with Crippen LogP contribution >= 0.6 is 11.6 Å². The van der Waals surface area contributed by atoms with Gasteiger partial charge in [0.25, 0.3) is 0 Å². The van der Waals surface area contributed by atoms with Gasteiger partial charge in [-0.25, -0.2) is 14.8 Å². The molecule has 1 saturated heterocycles. The molecule has 4 rings (SSSR count). The third-order valence-corrected chi connectivity index (χ3v) is 6.54. The standard InChI is InChI=1S/C24H31ClN6O3/c1-4-26-22-23-27-8-10-31(23)13-17(28-22)6-5-16-11-15(2)12-19(21(16)25)30-9-7-18(20(32)14-30)29-24(33)34-3/h8,10-13,18,20,32H,4-7,9,14H2,1-3H3,(H,26,28)(H,29,33). The molecule has 3 heterocycles. The Hall–Kier alpha value is -3.04. The molecule has 2 unspecified atom stereocenters. The number of imidazole rings is 1. The van der Waals surface area contributed by atoms with Crippen LogP contribution in [-0.4, -0.2) is 64.5 Å². The number of aryl methyl sites for hydroxylation is 3. The van der Waals surface area contributed by atoms with E-state index in [1.807, 2.05) is 36.7 Å². The molecule has 182 valence electrons. The molecule has 1 aliphatic rings. The molecule has 1 fully saturated rings. The summed E-state index contributed by atoms with van der Waals surface area (Å²) in [5.74, 6) is 0.776. The normalized spacial score (nSPS) is 18.2. The number of aliphatic hydroxyl groups excluding tert-OH is 1. The lowest BCUT2D eigenvalue weighted by Crippen LogP contribution is -2.54. The summed E-state index contributed by atoms with van der Waals surface area (Å²) in [6.45, 7) is 5.89. The molecule has 0 bridgehead atoms. The van der Waals surface area contributed by atoms with Crippen molar-refractivity contribution in [1.82, 2.24) is 19.7 Å². The molecule has 2 aromatic heterocycles. The number of nitrogens with zero attached hydrogens (tertiary/aromatic N) is 4. The summed E-state index contributed by atoms with van der Waals surface area (Å²) in [7, 11) is 1.31. The number of nitrogens with one attached hydrogen (secondary N) is 2. The van der Waals surface area contributed by atoms with Crippen molar-refractivity contribution in [2.75, 3.05) is 37.0 Å². The molecule has 0 spiro atoms. The summed E-state index contributed by atoms with van der Waals surface area (Å²) in [6.07, 6.45) is 6.49. The Kier molecular flexibility index (Phi) is 7.43. The van der Waals surface area contributed by atoms with E-state index >= 15 is 0 Å². The molecule has 0 radical (unpaired) electrons. The average Bonchev–Trinajstić information content (AvgIpc) is 3.30. The van der Waals surface area contributed by atoms with E-state index in [-0.39, 0.29) is 6.04 Å². The summed E-state index contributed by atoms with van der Waals surface area (Å²) in [4.78, 5) is 22.8. The van der Waals surface area contributed by atoms with E-state index in [2.05, 4.69) is 31.3 Å². The maximum absolute atomic E-state index is 11.5. The number of piperidine rings is 1. The number of benzene rings is 1. The third-order valence-electron chi connectivity index (χ3n) is 6.10. The monoisotopic (exact) mass is 486 g/mol. The van der Waals surface area contributed by atoms with Gasteiger partial charge in [0.2, 0.25) is 0 Å². The van der Waals surface area contributed by atoms with Crippen LogP contribution in [0.15, 0.2) is 30.7 Å². The average molecular weight is 487 g/mol. The molecule has 0 saturated carbocycles. The zero-order chi connectivity index (χ0) is 24.2. The summed E-state index contributed by atoms with van der Waals surface area (Å²) in [5, 5.41) is 17.3. The Balaban J connectivity index is 1.50. The second-order valence-corrected chi connectivity index (χ2v) is 8.95. The van der Waals surface area contributed by atoms with Gasteiger partial charge in [0.15, 0.2) is 11.5 Å². The minimum Gasteiger partial charge on any atom is -0.453 e. The van der Waals surface area contributed by atoms with Crippen molar-refractivity contribution in [1.29, 1.82) is 0 Å². The minimum absolute atomic E-state index is 0.346. The van der Waals surface area contributed by atoms with Gasteiger partial charge in [0.1, 0.15) is 0 Å². The Morgan fingerprint density at radius 1 is 1.35 bits per heavy atom. The number of aromatic nitrogens is 3. The third kappa shape index (κ3) is 5.20. The number of amides is 1. The van der Waals surface area contributed by atoms with Crippen molar-refractivity contribution in [3.63, 3.8) is 0 Å². The summed E-state index contributed by atoms with van der Waals surface area (Å²) < 4.78 is 6.64. The number of halogens is 1. The van der Waals surface area contributed by atoms with Gasteiger partial charge in [-0.15, -0.1) is 0 Å². The first kappa shape index (κ1) is 24.1. The van der Waals surface area contributed by atoms with Gasteiger partial charge in [0, 0.05) is 38.2 Å². The smallest absolute Gasteiger partial charge is 0.407 e. The fraction of sp³-hybridized carbons (Fsp3) is 0.458. The van der Waals surface area contributed by atoms with E-state index in [0.29, 0.717) is 24.5 Å². The van der Waals surface area contributed by atoms with Crippen molar-refractivity contribution < 1.29 is 14.6 Å². The second kappa shape index (κ2) is 10.5. The van der Waals surface area contributed by atoms with Gasteiger partial charge in [-0.2, -0.15) is 0 Å². The lowest BCUT2D eigenvalue weighted by molar-refractivity contribution is 0.103. The van der Waals surface area contributed by atoms with E-state index in [1.54, 1.807) is 6.20 Å². The van der Waals surface area contributed by atoms with Crippen molar-refractivity contribution in [3.8, 4) is 0 Å². The van der Waals surface area contributed by atoms with E-state index in [4.69, 9.17) is 16.6 Å². The number of rotatable bonds is 7. The maximum atomic E-state index is 11.5. The first-order valence-electron chi connectivity index (χ1n) is 11.5. The Morgan fingerprint density at radius 2 is 2.18 bits per heavy atom. The van der Waals surface area contributed by atoms with Crippen molar-refractivity contribution >= 4 is 34.8 Å². The molecular formula is C24H31ClN6O3. The number of carbonyl (C=O) groups is 1. The summed E-state index contributed by atoms with van der Waals surface area (Å²) in [6, 6.07) is 3.81. The minimum atomic E-state index is -0.719. The lowest BCUT2D eigenvalue weighted by Gasteiger charge is -2.38. The number of β-amino-alcohol motifs (C(OH)–C–C–N with tert-alkyl or cyclic N) is 1. The summed E-state index contributed by atoms with van der Waals surface area (Å²) in [5.41, 5.74) is 4.80. The molecule has 34 heavy (non-hydrogen) atoms. The molecule has 0 aliphatic carbocycles. The van der Waals surface area contributed by atoms with Gasteiger partial charge in [-0.1, -0.05) is 17.7 Å². The highest BCUT2D eigenvalue weighted by atomic mass is 35.5. The number of anilines is 2. The highest BCUT2D eigenvalue weighted by Gasteiger charge is 2.30. The SMILES string of the molecule is CCNc1nc(CCc2cc(C)cc(N3CCC(NC(=O)OC)C(O)C3)c2Cl)cn2ccnc12. The van der Waals surface area contributed by atoms with E-state index < -0.39 is 12.2 Å². The number of alkyl carbamates (subject to hydrolysis) is 1. The number of aliphatic hydroxyl groups is 1. The number of hydrogen-bond donors (Lipinski definition) is 3. The Labute approximate surface area is 204 Å². The predicted molar refractivity (Wildman–Crippen MR) is 133 cm³/mol. The van der Waals surface area contributed by atoms with Crippen LogP contribution in [0.2, 0.25) is 5.02 Å². The number of methoxy groups -OCH3 is 1. The predicted octanol–water partition coefficient (Wildman–Crippen LogP) is 3.20. The quantitative estimate of drug-likeness (QED) is 0.471. The Morgan fingerprint density at radius 3 is 2.91 bits per heavy atom. The zero-order valence-electron chi connectivity index (χ0n) is 19.7. The molecule has 1 aromatic carbocycles. The number of hydrogen-bond acceptors (Lipinski definition) is 7. The van der Waals surface area contributed by atoms with Crippen LogP contribution in [0, 0.1) is 6.92 Å². The van der Waals surface area contributed by atoms with Crippen LogP contribution in [-0.2, 0) is 17.6 Å². The molecule has 1 amide bonds. The zero-order valence-corrected chi connectivity index (χ0v) is 20.5. The molecule has 1 aliphatic heterocycles. The maximum Gasteiger partial charge on any atom is 0.407 e. The molecular weight excluding hydrogens is 456 g/mol. The van der Waals surface area contributed by atoms with Gasteiger partial charge < -0.3 is 29.8 Å². The van der Waals surface area contributed by atoms with Gasteiger partial charge in [-0.3, -0.25) is 0 Å². The van der Waals surface area contributed by atoms with Crippen LogP contribution in [0.3, 0.4) is 0 Å². The van der Waals surface area contributed by atoms with Crippen molar-refractivity contribution in [2.24, 2.45) is 0 Å². The van der Waals surface area contributed by atoms with Crippen LogP contribution in [0.4, 0.5) is 16.3 Å². The number of carbonyl (C=O) groups excluding carboxylic acids is 1. The van der Waals surface area contributed by atoms with Crippen molar-refractivity contribution in [2.45, 2.75) is 45.3 Å². The van der Waals surface area contributed by atoms with E-state index in [9.17, 15) is 9.90 Å². The van der Waals surface area contributed by atoms with E-state index in [0.717, 1.165) is 53.4 Å². The largest absolute Gasteiger partial charge is 0.453 e. The van der Waals surface area contributed by atoms with Gasteiger partial charge in [-0.05, 0) is 50.3 Å². The van der Waals surface area contributed by atoms with Crippen LogP contribution in [0.5, 0.6) is 0 Å². The van der Waals surface area contributed by atoms with Gasteiger partial charge in [0.05, 0.1) is 35.7 Å². The van der Waals surface area contributed by atoms with E-state index in [1.165, 1.54) is 7.11 Å². The topological polar surface area (TPSA) is 104 Å². The number of ether oxygens (including phenoxy) is 1. The molecule has 3 aromatic rings. The van der Waals surface area contributed by atoms with Crippen LogP contribution in [0.25, 0.3) is 5.65 Å². The van der Waals surface area contributed by atoms with Crippen LogP contribution in [0.1, 0.15) is 30.2 Å². The molecule has 3 N–H and O–H groups in total. The highest BCUT2D eigenvalue weighted by Crippen LogP contribution is 2.33. The number of fused-ring (bicyclic) bond motifs is 1. The van der Waals surface area contributed by atoms with Crippen LogP contribution < -0.4 is 15.5 Å². The lowest BCUT2D eigenvalue weighted by atomic mass is 9.99. The molecule has 2 atom stereocenters. The van der Waals surface area contributed by atoms with Crippen molar-refractivity contribution in [3.05, 3.63) is 52.6 Å². The molecule has 10 heteroatoms. The fourth-order valence-corrected chi connectivity index (χ4v) is 4.74. The first-order valence-corrected chi connectivity index (χ1v) is 11.9. The second-order valence-electron chi connectivity index (χ2n) is 8.57.